The lowest BCUT2D eigenvalue weighted by molar-refractivity contribution is -0.144. The molecule has 0 aliphatic heterocycles. The third kappa shape index (κ3) is 8.81. The number of benzene rings is 2. The molecule has 3 amide bonds. The first-order valence-electron chi connectivity index (χ1n) is 16.2. The van der Waals surface area contributed by atoms with Gasteiger partial charge in [0.1, 0.15) is 6.04 Å². The fourth-order valence-electron chi connectivity index (χ4n) is 6.89. The first-order chi connectivity index (χ1) is 21.6. The van der Waals surface area contributed by atoms with Crippen LogP contribution in [-0.2, 0) is 19.2 Å². The fourth-order valence-corrected chi connectivity index (χ4v) is 6.89. The van der Waals surface area contributed by atoms with Crippen molar-refractivity contribution < 1.29 is 34.2 Å². The Kier molecular flexibility index (Phi) is 11.9. The number of nitrogens with two attached hydrogens (primary N) is 1. The van der Waals surface area contributed by atoms with E-state index in [2.05, 4.69) is 16.0 Å². The molecule has 1 unspecified atom stereocenters. The van der Waals surface area contributed by atoms with Crippen LogP contribution in [0.2, 0.25) is 0 Å². The molecule has 0 spiro atoms. The van der Waals surface area contributed by atoms with Crippen molar-refractivity contribution in [3.8, 4) is 0 Å². The van der Waals surface area contributed by atoms with Crippen molar-refractivity contribution >= 4 is 40.4 Å². The topological polar surface area (TPSA) is 188 Å². The Hall–Kier alpha value is -3.99. The Morgan fingerprint density at radius 3 is 2.27 bits per heavy atom. The second-order valence-electron chi connectivity index (χ2n) is 12.7. The Morgan fingerprint density at radius 2 is 1.60 bits per heavy atom. The van der Waals surface area contributed by atoms with Crippen molar-refractivity contribution in [3.05, 3.63) is 48.0 Å². The van der Waals surface area contributed by atoms with Gasteiger partial charge in [-0.3, -0.25) is 24.0 Å². The average Bonchev–Trinajstić information content (AvgIpc) is 3.52. The van der Waals surface area contributed by atoms with Crippen LogP contribution in [0.4, 0.5) is 0 Å². The van der Waals surface area contributed by atoms with E-state index in [0.717, 1.165) is 23.6 Å². The fraction of sp³-hybridized carbons (Fsp3) is 0.559. The van der Waals surface area contributed by atoms with E-state index in [1.165, 1.54) is 0 Å². The molecular weight excluding hydrogens is 576 g/mol. The zero-order valence-electron chi connectivity index (χ0n) is 25.8. The molecule has 0 saturated heterocycles. The van der Waals surface area contributed by atoms with Crippen LogP contribution in [0, 0.1) is 17.3 Å². The quantitative estimate of drug-likeness (QED) is 0.163. The molecule has 2 aromatic rings. The largest absolute Gasteiger partial charge is 0.481 e. The van der Waals surface area contributed by atoms with Gasteiger partial charge in [0.2, 0.25) is 11.8 Å². The molecule has 2 saturated carbocycles. The van der Waals surface area contributed by atoms with Crippen LogP contribution in [0.15, 0.2) is 42.5 Å². The highest BCUT2D eigenvalue weighted by Gasteiger charge is 2.45. The monoisotopic (exact) mass is 622 g/mol. The lowest BCUT2D eigenvalue weighted by Crippen LogP contribution is -2.50. The van der Waals surface area contributed by atoms with Gasteiger partial charge in [0.15, 0.2) is 0 Å². The molecule has 45 heavy (non-hydrogen) atoms. The zero-order chi connectivity index (χ0) is 32.4. The number of aliphatic carboxylic acids is 2. The summed E-state index contributed by atoms with van der Waals surface area (Å²) in [6.07, 6.45) is 6.58. The predicted molar refractivity (Wildman–Crippen MR) is 169 cm³/mol. The zero-order valence-corrected chi connectivity index (χ0v) is 25.8. The summed E-state index contributed by atoms with van der Waals surface area (Å²) in [6.45, 7) is 0.266. The van der Waals surface area contributed by atoms with E-state index in [1.54, 1.807) is 12.1 Å². The Bertz CT molecular complexity index is 1360. The highest BCUT2D eigenvalue weighted by molar-refractivity contribution is 6.08. The van der Waals surface area contributed by atoms with Crippen molar-refractivity contribution in [2.45, 2.75) is 89.1 Å². The number of carbonyl (C=O) groups excluding carboxylic acids is 3. The maximum Gasteiger partial charge on any atom is 0.308 e. The summed E-state index contributed by atoms with van der Waals surface area (Å²) in [7, 11) is 0. The van der Waals surface area contributed by atoms with Crippen LogP contribution in [0.5, 0.6) is 0 Å². The summed E-state index contributed by atoms with van der Waals surface area (Å²) in [5.41, 5.74) is 5.24. The molecular formula is C34H46N4O7. The van der Waals surface area contributed by atoms with E-state index in [9.17, 15) is 34.2 Å². The molecule has 2 aromatic carbocycles. The minimum absolute atomic E-state index is 0.0825. The highest BCUT2D eigenvalue weighted by Crippen LogP contribution is 2.44. The molecule has 4 rings (SSSR count). The van der Waals surface area contributed by atoms with Gasteiger partial charge in [-0.05, 0) is 87.6 Å². The van der Waals surface area contributed by atoms with E-state index in [0.29, 0.717) is 69.9 Å². The number of hydrogen-bond donors (Lipinski definition) is 6. The average molecular weight is 623 g/mol. The van der Waals surface area contributed by atoms with Gasteiger partial charge in [0.25, 0.3) is 5.91 Å². The van der Waals surface area contributed by atoms with Gasteiger partial charge in [-0.25, -0.2) is 0 Å². The summed E-state index contributed by atoms with van der Waals surface area (Å²) in [5.74, 6) is -4.36. The van der Waals surface area contributed by atoms with Crippen LogP contribution in [0.25, 0.3) is 10.8 Å². The van der Waals surface area contributed by atoms with Gasteiger partial charge in [-0.2, -0.15) is 0 Å². The lowest BCUT2D eigenvalue weighted by Gasteiger charge is -2.34. The second kappa shape index (κ2) is 15.8. The van der Waals surface area contributed by atoms with Gasteiger partial charge < -0.3 is 31.9 Å². The molecule has 2 fully saturated rings. The number of amides is 3. The molecule has 0 aromatic heterocycles. The van der Waals surface area contributed by atoms with E-state index in [1.807, 2.05) is 30.3 Å². The van der Waals surface area contributed by atoms with Crippen LogP contribution in [0.1, 0.15) is 87.4 Å². The molecule has 11 nitrogen and oxygen atoms in total. The summed E-state index contributed by atoms with van der Waals surface area (Å²) in [5, 5.41) is 29.8. The van der Waals surface area contributed by atoms with Crippen molar-refractivity contribution in [3.63, 3.8) is 0 Å². The smallest absolute Gasteiger partial charge is 0.308 e. The maximum absolute atomic E-state index is 13.6. The van der Waals surface area contributed by atoms with E-state index in [4.69, 9.17) is 5.73 Å². The van der Waals surface area contributed by atoms with Crippen molar-refractivity contribution in [1.82, 2.24) is 16.0 Å². The second-order valence-corrected chi connectivity index (χ2v) is 12.7. The first-order valence-corrected chi connectivity index (χ1v) is 16.2. The van der Waals surface area contributed by atoms with Crippen LogP contribution >= 0.6 is 0 Å². The molecule has 11 heteroatoms. The third-order valence-electron chi connectivity index (χ3n) is 9.57. The number of nitrogens with one attached hydrogen (secondary N) is 3. The minimum Gasteiger partial charge on any atom is -0.481 e. The first kappa shape index (κ1) is 33.9. The van der Waals surface area contributed by atoms with Crippen molar-refractivity contribution in [1.29, 1.82) is 0 Å². The molecule has 244 valence electrons. The minimum atomic E-state index is -1.10. The SMILES string of the molecule is NCCCC[C@H](NC(=O)c1cccc2ccccc12)C(=O)NCC(CC1(C(=O)NC2CCC(C(=O)O)CC2)CCCC1)C(=O)O. The standard InChI is InChI=1S/C34H46N4O7/c35-19-6-3-12-28(38-29(39)27-11-7-9-22-8-1-2-10-26(22)27)30(40)36-21-24(32(43)44)20-34(17-4-5-18-34)33(45)37-25-15-13-23(14-16-25)31(41)42/h1-2,7-11,23-25,28H,3-6,12-21,35H2,(H,36,40)(H,37,45)(H,38,39)(H,41,42)(H,43,44)/t23?,24?,25?,28-/m0/s1. The Balaban J connectivity index is 1.40. The van der Waals surface area contributed by atoms with Crippen molar-refractivity contribution in [2.24, 2.45) is 23.0 Å². The predicted octanol–water partition coefficient (Wildman–Crippen LogP) is 3.59. The van der Waals surface area contributed by atoms with Crippen LogP contribution in [0.3, 0.4) is 0 Å². The molecule has 0 radical (unpaired) electrons. The van der Waals surface area contributed by atoms with Crippen LogP contribution in [-0.4, -0.2) is 65.0 Å². The number of hydrogen-bond acceptors (Lipinski definition) is 6. The summed E-state index contributed by atoms with van der Waals surface area (Å²) in [6, 6.07) is 11.9. The maximum atomic E-state index is 13.6. The third-order valence-corrected chi connectivity index (χ3v) is 9.57. The van der Waals surface area contributed by atoms with Crippen molar-refractivity contribution in [2.75, 3.05) is 13.1 Å². The Labute approximate surface area is 263 Å². The number of carboxylic acid groups (broad SMARTS) is 2. The molecule has 7 N–H and O–H groups in total. The highest BCUT2D eigenvalue weighted by atomic mass is 16.4. The molecule has 2 atom stereocenters. The van der Waals surface area contributed by atoms with E-state index < -0.39 is 47.0 Å². The van der Waals surface area contributed by atoms with E-state index in [-0.39, 0.29) is 24.9 Å². The molecule has 2 aliphatic carbocycles. The Morgan fingerprint density at radius 1 is 0.911 bits per heavy atom. The molecule has 0 heterocycles. The number of carbonyl (C=O) groups is 5. The van der Waals surface area contributed by atoms with Gasteiger partial charge in [0, 0.05) is 18.2 Å². The number of rotatable bonds is 15. The summed E-state index contributed by atoms with van der Waals surface area (Å²) >= 11 is 0. The van der Waals surface area contributed by atoms with Gasteiger partial charge in [-0.15, -0.1) is 0 Å². The number of unbranched alkanes of at least 4 members (excludes halogenated alkanes) is 1. The van der Waals surface area contributed by atoms with Gasteiger partial charge >= 0.3 is 11.9 Å². The normalized spacial score (nSPS) is 20.6. The van der Waals surface area contributed by atoms with Crippen LogP contribution < -0.4 is 21.7 Å². The summed E-state index contributed by atoms with van der Waals surface area (Å²) < 4.78 is 0. The molecule has 2 aliphatic rings. The number of fused-ring (bicyclic) bond motifs is 1. The number of carboxylic acids is 2. The lowest BCUT2D eigenvalue weighted by atomic mass is 9.76. The van der Waals surface area contributed by atoms with E-state index >= 15 is 0 Å². The van der Waals surface area contributed by atoms with Gasteiger partial charge in [0.05, 0.1) is 17.3 Å². The molecule has 0 bridgehead atoms. The summed E-state index contributed by atoms with van der Waals surface area (Å²) in [4.78, 5) is 64.0. The van der Waals surface area contributed by atoms with Gasteiger partial charge in [-0.1, -0.05) is 49.2 Å².